The highest BCUT2D eigenvalue weighted by atomic mass is 16.1. The van der Waals surface area contributed by atoms with E-state index in [9.17, 15) is 4.79 Å². The normalized spacial score (nSPS) is 18.6. The van der Waals surface area contributed by atoms with Gasteiger partial charge in [-0.05, 0) is 18.6 Å². The summed E-state index contributed by atoms with van der Waals surface area (Å²) in [5.74, 6) is -0.203. The maximum atomic E-state index is 11.3. The number of hydrogen-bond donors (Lipinski definition) is 1. The van der Waals surface area contributed by atoms with Gasteiger partial charge in [0.2, 0.25) is 5.91 Å². The van der Waals surface area contributed by atoms with E-state index in [0.29, 0.717) is 0 Å². The van der Waals surface area contributed by atoms with Crippen molar-refractivity contribution in [2.24, 2.45) is 5.73 Å². The molecule has 18 heavy (non-hydrogen) atoms. The molecule has 0 spiro atoms. The fourth-order valence-electron chi connectivity index (χ4n) is 2.57. The van der Waals surface area contributed by atoms with Crippen LogP contribution in [-0.2, 0) is 4.79 Å². The molecule has 1 aromatic carbocycles. The van der Waals surface area contributed by atoms with Crippen LogP contribution in [0.4, 0.5) is 5.69 Å². The predicted octanol–water partition coefficient (Wildman–Crippen LogP) is 1.07. The summed E-state index contributed by atoms with van der Waals surface area (Å²) in [4.78, 5) is 15.9. The van der Waals surface area contributed by atoms with E-state index in [1.807, 2.05) is 13.0 Å². The van der Waals surface area contributed by atoms with Crippen molar-refractivity contribution >= 4 is 11.6 Å². The summed E-state index contributed by atoms with van der Waals surface area (Å²) in [5.41, 5.74) is 6.68. The lowest BCUT2D eigenvalue weighted by Gasteiger charge is -2.38. The Morgan fingerprint density at radius 2 is 1.83 bits per heavy atom. The predicted molar refractivity (Wildman–Crippen MR) is 73.5 cm³/mol. The quantitative estimate of drug-likeness (QED) is 0.866. The van der Waals surface area contributed by atoms with Crippen LogP contribution in [0.25, 0.3) is 0 Å². The largest absolute Gasteiger partial charge is 0.369 e. The van der Waals surface area contributed by atoms with E-state index in [4.69, 9.17) is 5.73 Å². The summed E-state index contributed by atoms with van der Waals surface area (Å²) in [6, 6.07) is 10.3. The fourth-order valence-corrected chi connectivity index (χ4v) is 2.57. The maximum Gasteiger partial charge on any atom is 0.234 e. The summed E-state index contributed by atoms with van der Waals surface area (Å²) in [6.45, 7) is 5.72. The van der Waals surface area contributed by atoms with E-state index in [-0.39, 0.29) is 11.9 Å². The topological polar surface area (TPSA) is 49.6 Å². The molecule has 4 heteroatoms. The van der Waals surface area contributed by atoms with E-state index in [0.717, 1.165) is 32.6 Å². The van der Waals surface area contributed by atoms with Gasteiger partial charge < -0.3 is 10.6 Å². The van der Waals surface area contributed by atoms with Crippen molar-refractivity contribution < 1.29 is 4.79 Å². The lowest BCUT2D eigenvalue weighted by Crippen LogP contribution is -2.54. The van der Waals surface area contributed by atoms with Crippen LogP contribution in [0.3, 0.4) is 0 Å². The standard InChI is InChI=1S/C14H21N3O/c1-2-13(14(15)18)17-10-8-16(9-11-17)12-6-4-3-5-7-12/h3-7,13H,2,8-11H2,1H3,(H2,15,18). The average molecular weight is 247 g/mol. The van der Waals surface area contributed by atoms with Crippen LogP contribution in [0.1, 0.15) is 13.3 Å². The molecule has 2 rings (SSSR count). The zero-order chi connectivity index (χ0) is 13.0. The van der Waals surface area contributed by atoms with Crippen molar-refractivity contribution in [1.29, 1.82) is 0 Å². The molecule has 0 aromatic heterocycles. The minimum absolute atomic E-state index is 0.108. The van der Waals surface area contributed by atoms with Crippen molar-refractivity contribution in [3.8, 4) is 0 Å². The first kappa shape index (κ1) is 12.9. The Bertz CT molecular complexity index is 385. The van der Waals surface area contributed by atoms with Gasteiger partial charge >= 0.3 is 0 Å². The second kappa shape index (κ2) is 5.87. The lowest BCUT2D eigenvalue weighted by atomic mass is 10.1. The average Bonchev–Trinajstić information content (AvgIpc) is 2.41. The highest BCUT2D eigenvalue weighted by Crippen LogP contribution is 2.17. The van der Waals surface area contributed by atoms with Crippen molar-refractivity contribution in [2.75, 3.05) is 31.1 Å². The molecule has 1 unspecified atom stereocenters. The number of carbonyl (C=O) groups is 1. The molecule has 0 saturated carbocycles. The van der Waals surface area contributed by atoms with Crippen molar-refractivity contribution in [2.45, 2.75) is 19.4 Å². The Morgan fingerprint density at radius 3 is 2.33 bits per heavy atom. The lowest BCUT2D eigenvalue weighted by molar-refractivity contribution is -0.123. The summed E-state index contributed by atoms with van der Waals surface area (Å²) >= 11 is 0. The molecule has 1 amide bonds. The van der Waals surface area contributed by atoms with Crippen molar-refractivity contribution in [3.63, 3.8) is 0 Å². The first-order chi connectivity index (χ1) is 8.72. The molecule has 1 aliphatic heterocycles. The van der Waals surface area contributed by atoms with Crippen LogP contribution in [-0.4, -0.2) is 43.0 Å². The second-order valence-corrected chi connectivity index (χ2v) is 4.68. The molecule has 1 aliphatic rings. The van der Waals surface area contributed by atoms with Gasteiger partial charge in [-0.25, -0.2) is 0 Å². The molecule has 1 heterocycles. The highest BCUT2D eigenvalue weighted by Gasteiger charge is 2.25. The molecule has 1 saturated heterocycles. The van der Waals surface area contributed by atoms with Gasteiger partial charge in [-0.1, -0.05) is 25.1 Å². The van der Waals surface area contributed by atoms with Gasteiger partial charge in [-0.2, -0.15) is 0 Å². The highest BCUT2D eigenvalue weighted by molar-refractivity contribution is 5.79. The minimum atomic E-state index is -0.203. The molecule has 98 valence electrons. The fraction of sp³-hybridized carbons (Fsp3) is 0.500. The molecule has 0 bridgehead atoms. The number of piperazine rings is 1. The van der Waals surface area contributed by atoms with E-state index < -0.39 is 0 Å². The van der Waals surface area contributed by atoms with E-state index >= 15 is 0 Å². The van der Waals surface area contributed by atoms with Crippen LogP contribution in [0.2, 0.25) is 0 Å². The van der Waals surface area contributed by atoms with E-state index in [1.54, 1.807) is 0 Å². The SMILES string of the molecule is CCC(C(N)=O)N1CCN(c2ccccc2)CC1. The summed E-state index contributed by atoms with van der Waals surface area (Å²) < 4.78 is 0. The smallest absolute Gasteiger partial charge is 0.234 e. The monoisotopic (exact) mass is 247 g/mol. The van der Waals surface area contributed by atoms with Gasteiger partial charge in [0, 0.05) is 31.9 Å². The van der Waals surface area contributed by atoms with Crippen LogP contribution in [0, 0.1) is 0 Å². The Kier molecular flexibility index (Phi) is 4.20. The van der Waals surface area contributed by atoms with Crippen LogP contribution < -0.4 is 10.6 Å². The molecule has 4 nitrogen and oxygen atoms in total. The molecule has 1 fully saturated rings. The number of nitrogens with zero attached hydrogens (tertiary/aromatic N) is 2. The van der Waals surface area contributed by atoms with Crippen LogP contribution >= 0.6 is 0 Å². The number of anilines is 1. The molecule has 1 aromatic rings. The zero-order valence-corrected chi connectivity index (χ0v) is 10.9. The van der Waals surface area contributed by atoms with Crippen molar-refractivity contribution in [1.82, 2.24) is 4.90 Å². The number of hydrogen-bond acceptors (Lipinski definition) is 3. The Morgan fingerprint density at radius 1 is 1.22 bits per heavy atom. The molecule has 2 N–H and O–H groups in total. The number of benzene rings is 1. The number of para-hydroxylation sites is 1. The van der Waals surface area contributed by atoms with Crippen molar-refractivity contribution in [3.05, 3.63) is 30.3 Å². The third-order valence-electron chi connectivity index (χ3n) is 3.59. The molecule has 0 radical (unpaired) electrons. The molecule has 0 aliphatic carbocycles. The van der Waals surface area contributed by atoms with Crippen LogP contribution in [0.5, 0.6) is 0 Å². The second-order valence-electron chi connectivity index (χ2n) is 4.68. The van der Waals surface area contributed by atoms with Crippen LogP contribution in [0.15, 0.2) is 30.3 Å². The molecular formula is C14H21N3O. The molecule has 1 atom stereocenters. The number of amides is 1. The summed E-state index contributed by atoms with van der Waals surface area (Å²) in [7, 11) is 0. The zero-order valence-electron chi connectivity index (χ0n) is 10.9. The van der Waals surface area contributed by atoms with Gasteiger partial charge in [0.15, 0.2) is 0 Å². The summed E-state index contributed by atoms with van der Waals surface area (Å²) in [6.07, 6.45) is 0.792. The Hall–Kier alpha value is -1.55. The number of rotatable bonds is 4. The Balaban J connectivity index is 1.94. The van der Waals surface area contributed by atoms with Gasteiger partial charge in [0.25, 0.3) is 0 Å². The number of carbonyl (C=O) groups excluding carboxylic acids is 1. The number of primary amides is 1. The van der Waals surface area contributed by atoms with Gasteiger partial charge in [0.1, 0.15) is 0 Å². The summed E-state index contributed by atoms with van der Waals surface area (Å²) in [5, 5.41) is 0. The van der Waals surface area contributed by atoms with Gasteiger partial charge in [0.05, 0.1) is 6.04 Å². The van der Waals surface area contributed by atoms with E-state index in [2.05, 4.69) is 34.1 Å². The Labute approximate surface area is 108 Å². The first-order valence-corrected chi connectivity index (χ1v) is 6.55. The van der Waals surface area contributed by atoms with E-state index in [1.165, 1.54) is 5.69 Å². The molecular weight excluding hydrogens is 226 g/mol. The third-order valence-corrected chi connectivity index (χ3v) is 3.59. The minimum Gasteiger partial charge on any atom is -0.369 e. The van der Waals surface area contributed by atoms with Gasteiger partial charge in [-0.3, -0.25) is 9.69 Å². The maximum absolute atomic E-state index is 11.3. The number of nitrogens with two attached hydrogens (primary N) is 1. The third kappa shape index (κ3) is 2.82. The first-order valence-electron chi connectivity index (χ1n) is 6.55. The van der Waals surface area contributed by atoms with Gasteiger partial charge in [-0.15, -0.1) is 0 Å².